The summed E-state index contributed by atoms with van der Waals surface area (Å²) in [6, 6.07) is 66.8. The summed E-state index contributed by atoms with van der Waals surface area (Å²) in [5.41, 5.74) is 14.8. The number of hydrogen-bond acceptors (Lipinski definition) is 4. The zero-order chi connectivity index (χ0) is 49.2. The average Bonchev–Trinajstić information content (AvgIpc) is 3.92. The van der Waals surface area contributed by atoms with Gasteiger partial charge in [-0.15, -0.1) is 0 Å². The van der Waals surface area contributed by atoms with Gasteiger partial charge in [0.15, 0.2) is 0 Å². The predicted octanol–water partition coefficient (Wildman–Crippen LogP) is 17.1. The van der Waals surface area contributed by atoms with Crippen LogP contribution in [0.5, 0.6) is 11.5 Å². The summed E-state index contributed by atoms with van der Waals surface area (Å²) in [7, 11) is 0. The number of fused-ring (bicyclic) bond motifs is 4. The molecule has 11 rings (SSSR count). The van der Waals surface area contributed by atoms with E-state index in [0.29, 0.717) is 29.5 Å². The molecule has 0 amide bonds. The normalized spacial score (nSPS) is 13.6. The molecular formula is C63H56N4O. The largest absolute Gasteiger partial charge is 0.457 e. The van der Waals surface area contributed by atoms with Crippen molar-refractivity contribution >= 4 is 44.6 Å². The minimum absolute atomic E-state index is 0.0124. The van der Waals surface area contributed by atoms with E-state index in [4.69, 9.17) is 13.8 Å². The summed E-state index contributed by atoms with van der Waals surface area (Å²) in [6.07, 6.45) is 1.71. The minimum atomic E-state index is -2.41. The molecule has 0 atom stereocenters. The summed E-state index contributed by atoms with van der Waals surface area (Å²) in [4.78, 5) is 9.82. The molecule has 0 radical (unpaired) electrons. The van der Waals surface area contributed by atoms with Crippen LogP contribution < -0.4 is 14.5 Å². The van der Waals surface area contributed by atoms with E-state index >= 15 is 0 Å². The summed E-state index contributed by atoms with van der Waals surface area (Å²) in [6.45, 7) is 11.9. The van der Waals surface area contributed by atoms with Crippen LogP contribution in [0, 0.1) is 6.85 Å². The molecule has 1 aliphatic rings. The molecule has 5 nitrogen and oxygen atoms in total. The van der Waals surface area contributed by atoms with Crippen LogP contribution in [-0.4, -0.2) is 16.2 Å². The molecule has 8 aromatic carbocycles. The number of benzene rings is 8. The van der Waals surface area contributed by atoms with Gasteiger partial charge in [0.25, 0.3) is 0 Å². The fourth-order valence-corrected chi connectivity index (χ4v) is 9.53. The lowest BCUT2D eigenvalue weighted by molar-refractivity contribution is 0.483. The van der Waals surface area contributed by atoms with Gasteiger partial charge in [0.05, 0.1) is 22.4 Å². The second kappa shape index (κ2) is 16.8. The lowest BCUT2D eigenvalue weighted by Gasteiger charge is -2.29. The number of anilines is 4. The molecule has 2 aromatic heterocycles. The molecule has 0 saturated carbocycles. The van der Waals surface area contributed by atoms with Gasteiger partial charge in [0, 0.05) is 50.2 Å². The van der Waals surface area contributed by atoms with Crippen LogP contribution in [0.15, 0.2) is 200 Å². The van der Waals surface area contributed by atoms with E-state index in [1.165, 1.54) is 16.8 Å². The van der Waals surface area contributed by atoms with E-state index in [0.717, 1.165) is 66.7 Å². The Morgan fingerprint density at radius 2 is 1.06 bits per heavy atom. The lowest BCUT2D eigenvalue weighted by Crippen LogP contribution is -2.25. The molecule has 3 heterocycles. The first-order valence-electron chi connectivity index (χ1n) is 25.0. The molecule has 0 spiro atoms. The molecule has 0 aliphatic carbocycles. The maximum atomic E-state index is 8.78. The Morgan fingerprint density at radius 3 is 1.72 bits per heavy atom. The van der Waals surface area contributed by atoms with Crippen molar-refractivity contribution in [2.75, 3.05) is 16.5 Å². The average molecular weight is 888 g/mol. The Kier molecular flexibility index (Phi) is 9.69. The van der Waals surface area contributed by atoms with Gasteiger partial charge in [-0.2, -0.15) is 0 Å². The van der Waals surface area contributed by atoms with Crippen LogP contribution in [0.4, 0.5) is 22.7 Å². The quantitative estimate of drug-likeness (QED) is 0.152. The second-order valence-corrected chi connectivity index (χ2v) is 20.0. The maximum Gasteiger partial charge on any atom is 0.137 e. The highest BCUT2D eigenvalue weighted by Crippen LogP contribution is 2.47. The highest BCUT2D eigenvalue weighted by Gasteiger charge is 2.30. The molecule has 68 heavy (non-hydrogen) atoms. The monoisotopic (exact) mass is 887 g/mol. The van der Waals surface area contributed by atoms with E-state index in [1.807, 2.05) is 84.9 Å². The molecule has 0 N–H and O–H groups in total. The van der Waals surface area contributed by atoms with Gasteiger partial charge >= 0.3 is 0 Å². The maximum absolute atomic E-state index is 8.78. The summed E-state index contributed by atoms with van der Waals surface area (Å²) >= 11 is 0. The lowest BCUT2D eigenvalue weighted by atomic mass is 9.80. The molecule has 0 fully saturated rings. The molecule has 1 aliphatic heterocycles. The number of aryl methyl sites for hydroxylation is 1. The number of rotatable bonds is 8. The Balaban J connectivity index is 0.977. The van der Waals surface area contributed by atoms with Gasteiger partial charge in [-0.25, -0.2) is 4.98 Å². The van der Waals surface area contributed by atoms with E-state index < -0.39 is 6.85 Å². The fourth-order valence-electron chi connectivity index (χ4n) is 9.53. The van der Waals surface area contributed by atoms with E-state index in [9.17, 15) is 0 Å². The van der Waals surface area contributed by atoms with Gasteiger partial charge in [-0.05, 0) is 129 Å². The Hall–Kier alpha value is -7.89. The summed E-state index contributed by atoms with van der Waals surface area (Å²) in [5, 5.41) is 2.02. The van der Waals surface area contributed by atoms with Crippen molar-refractivity contribution in [3.8, 4) is 50.7 Å². The molecule has 0 unspecified atom stereocenters. The van der Waals surface area contributed by atoms with E-state index in [1.54, 1.807) is 12.3 Å². The van der Waals surface area contributed by atoms with Crippen LogP contribution in [0.25, 0.3) is 61.0 Å². The second-order valence-electron chi connectivity index (χ2n) is 20.0. The Morgan fingerprint density at radius 1 is 0.471 bits per heavy atom. The number of para-hydroxylation sites is 2. The van der Waals surface area contributed by atoms with Crippen LogP contribution in [0.3, 0.4) is 0 Å². The molecule has 334 valence electrons. The van der Waals surface area contributed by atoms with Gasteiger partial charge in [-0.3, -0.25) is 4.57 Å². The highest BCUT2D eigenvalue weighted by molar-refractivity contribution is 6.10. The van der Waals surface area contributed by atoms with Crippen molar-refractivity contribution in [3.05, 3.63) is 217 Å². The van der Waals surface area contributed by atoms with Crippen molar-refractivity contribution in [1.29, 1.82) is 0 Å². The van der Waals surface area contributed by atoms with Crippen molar-refractivity contribution in [1.82, 2.24) is 9.55 Å². The van der Waals surface area contributed by atoms with Gasteiger partial charge in [0.1, 0.15) is 24.0 Å². The Bertz CT molecular complexity index is 3570. The minimum Gasteiger partial charge on any atom is -0.457 e. The number of hydrogen-bond donors (Lipinski definition) is 0. The third kappa shape index (κ3) is 7.98. The fraction of sp³-hybridized carbons (Fsp3) is 0.159. The van der Waals surface area contributed by atoms with Crippen molar-refractivity contribution in [2.24, 2.45) is 0 Å². The van der Waals surface area contributed by atoms with Crippen LogP contribution in [0.1, 0.15) is 62.3 Å². The number of aromatic nitrogens is 2. The predicted molar refractivity (Wildman–Crippen MR) is 286 cm³/mol. The molecular weight excluding hydrogens is 829 g/mol. The first kappa shape index (κ1) is 39.3. The number of nitrogens with zero attached hydrogens (tertiary/aromatic N) is 4. The molecule has 0 saturated heterocycles. The van der Waals surface area contributed by atoms with Gasteiger partial charge < -0.3 is 14.5 Å². The number of pyridine rings is 1. The van der Waals surface area contributed by atoms with Crippen molar-refractivity contribution in [3.63, 3.8) is 0 Å². The first-order valence-corrected chi connectivity index (χ1v) is 23.5. The smallest absolute Gasteiger partial charge is 0.137 e. The van der Waals surface area contributed by atoms with Crippen LogP contribution in [0.2, 0.25) is 0 Å². The van der Waals surface area contributed by atoms with Gasteiger partial charge in [-0.1, -0.05) is 157 Å². The third-order valence-electron chi connectivity index (χ3n) is 13.3. The molecule has 5 heteroatoms. The summed E-state index contributed by atoms with van der Waals surface area (Å²) in [5.74, 6) is 1.85. The Labute approximate surface area is 404 Å². The third-order valence-corrected chi connectivity index (χ3v) is 13.3. The zero-order valence-corrected chi connectivity index (χ0v) is 39.5. The SMILES string of the molecule is [2H]C([2H])([2H])c1cc(-n2c3ccc(-c4ccccc4)cc3c3ccc(Oc4cccc(N5CN(c6cc(C(C)(C)C)cc(C(C)(C)C)c6)c6ccccc65)c4)cc32)ncc1-c1ccc(-c2ccccc2)cc1. The van der Waals surface area contributed by atoms with E-state index in [-0.39, 0.29) is 16.4 Å². The topological polar surface area (TPSA) is 33.5 Å². The van der Waals surface area contributed by atoms with Crippen LogP contribution >= 0.6 is 0 Å². The highest BCUT2D eigenvalue weighted by atomic mass is 16.5. The van der Waals surface area contributed by atoms with E-state index in [2.05, 4.69) is 159 Å². The summed E-state index contributed by atoms with van der Waals surface area (Å²) < 4.78 is 35.2. The molecule has 10 aromatic rings. The zero-order valence-electron chi connectivity index (χ0n) is 42.5. The first-order chi connectivity index (χ1) is 34.1. The number of ether oxygens (including phenoxy) is 1. The van der Waals surface area contributed by atoms with Crippen molar-refractivity contribution < 1.29 is 8.85 Å². The molecule has 0 bridgehead atoms. The standard InChI is InChI=1S/C63H56N4O/c1-42-33-61(64-40-56(42)46-27-25-45(26-28-46)43-17-10-8-11-18-43)67-57-32-29-47(44-19-12-9-13-20-44)34-55(57)54-31-30-53(39-60(54)67)68-52-22-16-21-50(38-52)65-41-66(59-24-15-14-23-58(59)65)51-36-48(62(2,3)4)35-49(37-51)63(5,6)7/h8-40H,41H2,1-7H3/i1D3. The van der Waals surface area contributed by atoms with Crippen molar-refractivity contribution in [2.45, 2.75) is 59.2 Å². The van der Waals surface area contributed by atoms with Gasteiger partial charge in [0.2, 0.25) is 0 Å². The van der Waals surface area contributed by atoms with Crippen LogP contribution in [-0.2, 0) is 10.8 Å².